The van der Waals surface area contributed by atoms with Gasteiger partial charge >= 0.3 is 0 Å². The van der Waals surface area contributed by atoms with E-state index in [4.69, 9.17) is 14.2 Å². The first-order chi connectivity index (χ1) is 8.22. The Balaban J connectivity index is 2.43. The highest BCUT2D eigenvalue weighted by Crippen LogP contribution is 2.40. The SMILES string of the molecule is CCOc1ccc(F)cc1C1(CC)OCCO1. The van der Waals surface area contributed by atoms with Gasteiger partial charge in [-0.05, 0) is 25.1 Å². The van der Waals surface area contributed by atoms with E-state index in [1.165, 1.54) is 12.1 Å². The summed E-state index contributed by atoms with van der Waals surface area (Å²) < 4.78 is 30.2. The van der Waals surface area contributed by atoms with E-state index in [1.807, 2.05) is 13.8 Å². The smallest absolute Gasteiger partial charge is 0.198 e. The highest BCUT2D eigenvalue weighted by atomic mass is 19.1. The zero-order valence-corrected chi connectivity index (χ0v) is 10.2. The molecule has 3 nitrogen and oxygen atoms in total. The van der Waals surface area contributed by atoms with Crippen molar-refractivity contribution >= 4 is 0 Å². The topological polar surface area (TPSA) is 27.7 Å². The molecular weight excluding hydrogens is 223 g/mol. The van der Waals surface area contributed by atoms with Crippen molar-refractivity contribution < 1.29 is 18.6 Å². The molecule has 0 radical (unpaired) electrons. The Labute approximate surface area is 100 Å². The van der Waals surface area contributed by atoms with Crippen LogP contribution < -0.4 is 4.74 Å². The summed E-state index contributed by atoms with van der Waals surface area (Å²) in [5.74, 6) is -0.542. The molecule has 94 valence electrons. The molecule has 1 aliphatic heterocycles. The third-order valence-corrected chi connectivity index (χ3v) is 2.87. The Morgan fingerprint density at radius 3 is 2.59 bits per heavy atom. The summed E-state index contributed by atoms with van der Waals surface area (Å²) in [5.41, 5.74) is 0.638. The van der Waals surface area contributed by atoms with Crippen molar-refractivity contribution in [1.82, 2.24) is 0 Å². The molecule has 0 bridgehead atoms. The number of ether oxygens (including phenoxy) is 3. The number of hydrogen-bond acceptors (Lipinski definition) is 3. The van der Waals surface area contributed by atoms with E-state index in [-0.39, 0.29) is 5.82 Å². The van der Waals surface area contributed by atoms with Crippen LogP contribution in [-0.4, -0.2) is 19.8 Å². The quantitative estimate of drug-likeness (QED) is 0.810. The molecule has 17 heavy (non-hydrogen) atoms. The maximum absolute atomic E-state index is 13.4. The molecule has 0 atom stereocenters. The van der Waals surface area contributed by atoms with Crippen molar-refractivity contribution in [2.75, 3.05) is 19.8 Å². The molecule has 1 fully saturated rings. The second-order valence-electron chi connectivity index (χ2n) is 3.88. The van der Waals surface area contributed by atoms with Gasteiger partial charge in [-0.2, -0.15) is 0 Å². The normalized spacial score (nSPS) is 18.3. The fourth-order valence-electron chi connectivity index (χ4n) is 2.09. The molecule has 0 unspecified atom stereocenters. The van der Waals surface area contributed by atoms with Crippen molar-refractivity contribution in [3.8, 4) is 5.75 Å². The molecule has 1 aliphatic rings. The van der Waals surface area contributed by atoms with Crippen molar-refractivity contribution in [3.63, 3.8) is 0 Å². The van der Waals surface area contributed by atoms with Gasteiger partial charge in [0.15, 0.2) is 5.79 Å². The summed E-state index contributed by atoms with van der Waals surface area (Å²) in [5, 5.41) is 0. The molecule has 1 heterocycles. The lowest BCUT2D eigenvalue weighted by Crippen LogP contribution is -2.27. The minimum Gasteiger partial charge on any atom is -0.493 e. The van der Waals surface area contributed by atoms with Gasteiger partial charge in [0, 0.05) is 6.42 Å². The number of rotatable bonds is 4. The van der Waals surface area contributed by atoms with Gasteiger partial charge < -0.3 is 14.2 Å². The van der Waals surface area contributed by atoms with Gasteiger partial charge in [-0.25, -0.2) is 4.39 Å². The van der Waals surface area contributed by atoms with E-state index < -0.39 is 5.79 Å². The van der Waals surface area contributed by atoms with Crippen LogP contribution in [-0.2, 0) is 15.3 Å². The minimum absolute atomic E-state index is 0.310. The van der Waals surface area contributed by atoms with Crippen LogP contribution in [0.1, 0.15) is 25.8 Å². The molecular formula is C13H17FO3. The molecule has 0 spiro atoms. The summed E-state index contributed by atoms with van der Waals surface area (Å²) in [6, 6.07) is 4.43. The van der Waals surface area contributed by atoms with Crippen LogP contribution in [0.4, 0.5) is 4.39 Å². The fraction of sp³-hybridized carbons (Fsp3) is 0.538. The van der Waals surface area contributed by atoms with Gasteiger partial charge in [-0.15, -0.1) is 0 Å². The predicted octanol–water partition coefficient (Wildman–Crippen LogP) is 2.83. The zero-order chi connectivity index (χ0) is 12.3. The van der Waals surface area contributed by atoms with Crippen LogP contribution in [0.25, 0.3) is 0 Å². The fourth-order valence-corrected chi connectivity index (χ4v) is 2.09. The molecule has 2 rings (SSSR count). The van der Waals surface area contributed by atoms with E-state index in [2.05, 4.69) is 0 Å². The lowest BCUT2D eigenvalue weighted by molar-refractivity contribution is -0.168. The summed E-state index contributed by atoms with van der Waals surface area (Å²) in [6.07, 6.45) is 0.622. The lowest BCUT2D eigenvalue weighted by Gasteiger charge is -2.28. The highest BCUT2D eigenvalue weighted by Gasteiger charge is 2.39. The maximum Gasteiger partial charge on any atom is 0.198 e. The number of halogens is 1. The second kappa shape index (κ2) is 5.02. The van der Waals surface area contributed by atoms with Crippen LogP contribution in [0.15, 0.2) is 18.2 Å². The van der Waals surface area contributed by atoms with Gasteiger partial charge in [0.2, 0.25) is 0 Å². The molecule has 0 amide bonds. The third kappa shape index (κ3) is 2.28. The van der Waals surface area contributed by atoms with Gasteiger partial charge in [0.25, 0.3) is 0 Å². The standard InChI is InChI=1S/C13H17FO3/c1-3-13(16-7-8-17-13)11-9-10(14)5-6-12(11)15-4-2/h5-6,9H,3-4,7-8H2,1-2H3. The van der Waals surface area contributed by atoms with Gasteiger partial charge in [0.1, 0.15) is 11.6 Å². The number of hydrogen-bond donors (Lipinski definition) is 0. The first-order valence-corrected chi connectivity index (χ1v) is 5.92. The Morgan fingerprint density at radius 2 is 2.00 bits per heavy atom. The molecule has 1 aromatic rings. The zero-order valence-electron chi connectivity index (χ0n) is 10.2. The second-order valence-corrected chi connectivity index (χ2v) is 3.88. The Bertz CT molecular complexity index is 386. The minimum atomic E-state index is -0.855. The number of benzene rings is 1. The molecule has 0 N–H and O–H groups in total. The predicted molar refractivity (Wildman–Crippen MR) is 61.4 cm³/mol. The molecule has 4 heteroatoms. The van der Waals surface area contributed by atoms with E-state index in [0.29, 0.717) is 37.6 Å². The van der Waals surface area contributed by atoms with Gasteiger partial charge in [0.05, 0.1) is 25.4 Å². The molecule has 0 saturated carbocycles. The lowest BCUT2D eigenvalue weighted by atomic mass is 10.0. The van der Waals surface area contributed by atoms with Crippen LogP contribution in [0, 0.1) is 5.82 Å². The first-order valence-electron chi connectivity index (χ1n) is 5.92. The van der Waals surface area contributed by atoms with Crippen LogP contribution >= 0.6 is 0 Å². The summed E-state index contributed by atoms with van der Waals surface area (Å²) >= 11 is 0. The maximum atomic E-state index is 13.4. The summed E-state index contributed by atoms with van der Waals surface area (Å²) in [6.45, 7) is 5.42. The Hall–Kier alpha value is -1.13. The average Bonchev–Trinajstić information content (AvgIpc) is 2.81. The highest BCUT2D eigenvalue weighted by molar-refractivity contribution is 5.38. The average molecular weight is 240 g/mol. The monoisotopic (exact) mass is 240 g/mol. The largest absolute Gasteiger partial charge is 0.493 e. The molecule has 1 aromatic carbocycles. The van der Waals surface area contributed by atoms with E-state index in [9.17, 15) is 4.39 Å². The van der Waals surface area contributed by atoms with Gasteiger partial charge in [-0.3, -0.25) is 0 Å². The third-order valence-electron chi connectivity index (χ3n) is 2.87. The molecule has 1 saturated heterocycles. The summed E-state index contributed by atoms with van der Waals surface area (Å²) in [7, 11) is 0. The van der Waals surface area contributed by atoms with Crippen molar-refractivity contribution in [1.29, 1.82) is 0 Å². The molecule has 0 aliphatic carbocycles. The van der Waals surface area contributed by atoms with E-state index in [1.54, 1.807) is 6.07 Å². The van der Waals surface area contributed by atoms with Gasteiger partial charge in [-0.1, -0.05) is 6.92 Å². The summed E-state index contributed by atoms with van der Waals surface area (Å²) in [4.78, 5) is 0. The Kier molecular flexibility index (Phi) is 3.64. The van der Waals surface area contributed by atoms with Crippen LogP contribution in [0.5, 0.6) is 5.75 Å². The van der Waals surface area contributed by atoms with Crippen LogP contribution in [0.3, 0.4) is 0 Å². The van der Waals surface area contributed by atoms with Crippen molar-refractivity contribution in [2.24, 2.45) is 0 Å². The van der Waals surface area contributed by atoms with E-state index in [0.717, 1.165) is 0 Å². The molecule has 0 aromatic heterocycles. The van der Waals surface area contributed by atoms with E-state index >= 15 is 0 Å². The Morgan fingerprint density at radius 1 is 1.29 bits per heavy atom. The van der Waals surface area contributed by atoms with Crippen molar-refractivity contribution in [2.45, 2.75) is 26.1 Å². The van der Waals surface area contributed by atoms with Crippen molar-refractivity contribution in [3.05, 3.63) is 29.6 Å². The van der Waals surface area contributed by atoms with Crippen LogP contribution in [0.2, 0.25) is 0 Å². The first kappa shape index (κ1) is 12.3.